The van der Waals surface area contributed by atoms with Gasteiger partial charge in [0.1, 0.15) is 11.6 Å². The Balaban J connectivity index is 1.34. The summed E-state index contributed by atoms with van der Waals surface area (Å²) < 4.78 is 25.9. The van der Waals surface area contributed by atoms with Gasteiger partial charge in [-0.25, -0.2) is 19.0 Å². The number of nitrogens with one attached hydrogen (secondary N) is 1. The maximum atomic E-state index is 13.3. The summed E-state index contributed by atoms with van der Waals surface area (Å²) in [7, 11) is 3.42. The van der Waals surface area contributed by atoms with Gasteiger partial charge >= 0.3 is 0 Å². The van der Waals surface area contributed by atoms with Gasteiger partial charge in [0.15, 0.2) is 5.65 Å². The number of rotatable bonds is 8. The molecule has 176 valence electrons. The van der Waals surface area contributed by atoms with Gasteiger partial charge in [-0.1, -0.05) is 12.1 Å². The highest BCUT2D eigenvalue weighted by molar-refractivity contribution is 5.86. The van der Waals surface area contributed by atoms with Crippen molar-refractivity contribution in [3.05, 3.63) is 70.8 Å². The second kappa shape index (κ2) is 9.86. The number of methoxy groups -OCH3 is 1. The number of aromatic nitrogens is 4. The van der Waals surface area contributed by atoms with E-state index >= 15 is 0 Å². The zero-order valence-corrected chi connectivity index (χ0v) is 19.6. The first-order valence-corrected chi connectivity index (χ1v) is 10.9. The number of hydrogen-bond acceptors (Lipinski definition) is 6. The molecular formula is C25H26FN5O3. The highest BCUT2D eigenvalue weighted by Crippen LogP contribution is 2.30. The number of pyridine rings is 2. The second-order valence-corrected chi connectivity index (χ2v) is 7.97. The molecule has 0 aliphatic heterocycles. The summed E-state index contributed by atoms with van der Waals surface area (Å²) in [5.74, 6) is 0.802. The fourth-order valence-corrected chi connectivity index (χ4v) is 3.86. The van der Waals surface area contributed by atoms with Crippen LogP contribution in [0.3, 0.4) is 0 Å². The number of carbonyl (C=O) groups excluding carboxylic acids is 1. The number of halogens is 1. The summed E-state index contributed by atoms with van der Waals surface area (Å²) in [5, 5.41) is 8.15. The number of ether oxygens (including phenoxy) is 2. The minimum absolute atomic E-state index is 0.0721. The molecule has 1 aromatic carbocycles. The third kappa shape index (κ3) is 4.98. The van der Waals surface area contributed by atoms with Crippen molar-refractivity contribution in [2.75, 3.05) is 7.11 Å². The fraction of sp³-hybridized carbons (Fsp3) is 0.280. The lowest BCUT2D eigenvalue weighted by molar-refractivity contribution is -0.121. The van der Waals surface area contributed by atoms with E-state index in [1.54, 1.807) is 36.2 Å². The molecular weight excluding hydrogens is 437 g/mol. The highest BCUT2D eigenvalue weighted by atomic mass is 19.1. The van der Waals surface area contributed by atoms with E-state index < -0.39 is 0 Å². The number of fused-ring (bicyclic) bond motifs is 1. The van der Waals surface area contributed by atoms with Crippen molar-refractivity contribution in [3.63, 3.8) is 0 Å². The van der Waals surface area contributed by atoms with E-state index in [-0.39, 0.29) is 11.7 Å². The molecule has 4 aromatic rings. The van der Waals surface area contributed by atoms with Crippen LogP contribution in [0, 0.1) is 19.7 Å². The molecule has 1 N–H and O–H groups in total. The van der Waals surface area contributed by atoms with Gasteiger partial charge in [0.25, 0.3) is 0 Å². The third-order valence-corrected chi connectivity index (χ3v) is 5.62. The smallest absolute Gasteiger partial charge is 0.242 e. The van der Waals surface area contributed by atoms with Gasteiger partial charge in [0.05, 0.1) is 12.5 Å². The summed E-state index contributed by atoms with van der Waals surface area (Å²) in [4.78, 5) is 21.4. The maximum Gasteiger partial charge on any atom is 0.242 e. The van der Waals surface area contributed by atoms with Crippen LogP contribution in [-0.2, 0) is 24.8 Å². The van der Waals surface area contributed by atoms with Crippen LogP contribution >= 0.6 is 0 Å². The van der Waals surface area contributed by atoms with Gasteiger partial charge in [0, 0.05) is 44.0 Å². The van der Waals surface area contributed by atoms with Gasteiger partial charge < -0.3 is 14.8 Å². The normalized spacial score (nSPS) is 11.0. The molecule has 0 saturated carbocycles. The largest absolute Gasteiger partial charge is 0.479 e. The summed E-state index contributed by atoms with van der Waals surface area (Å²) in [6.07, 6.45) is 2.50. The van der Waals surface area contributed by atoms with Gasteiger partial charge in [-0.15, -0.1) is 5.10 Å². The van der Waals surface area contributed by atoms with E-state index in [0.29, 0.717) is 36.9 Å². The van der Waals surface area contributed by atoms with Gasteiger partial charge in [-0.2, -0.15) is 0 Å². The molecule has 0 atom stereocenters. The molecule has 8 nitrogen and oxygen atoms in total. The third-order valence-electron chi connectivity index (χ3n) is 5.62. The Morgan fingerprint density at radius 1 is 1.21 bits per heavy atom. The monoisotopic (exact) mass is 463 g/mol. The van der Waals surface area contributed by atoms with Crippen LogP contribution < -0.4 is 14.8 Å². The van der Waals surface area contributed by atoms with E-state index in [4.69, 9.17) is 9.47 Å². The number of amides is 1. The lowest BCUT2D eigenvalue weighted by Crippen LogP contribution is -2.23. The number of aryl methyl sites for hydroxylation is 3. The van der Waals surface area contributed by atoms with Crippen molar-refractivity contribution in [2.24, 2.45) is 7.05 Å². The summed E-state index contributed by atoms with van der Waals surface area (Å²) in [5.41, 5.74) is 4.52. The number of nitrogens with zero attached hydrogens (tertiary/aromatic N) is 4. The molecule has 0 unspecified atom stereocenters. The van der Waals surface area contributed by atoms with E-state index in [9.17, 15) is 9.18 Å². The van der Waals surface area contributed by atoms with Crippen molar-refractivity contribution in [2.45, 2.75) is 33.2 Å². The Hall–Kier alpha value is -4.01. The molecule has 0 saturated heterocycles. The van der Waals surface area contributed by atoms with Gasteiger partial charge in [-0.05, 0) is 49.1 Å². The SMILES string of the molecule is COc1nn(C)c2nc(C)c(CCC(=O)NCc3ccc(Oc4cccc(F)c4)nc3)c(C)c12. The van der Waals surface area contributed by atoms with E-state index in [1.165, 1.54) is 12.1 Å². The molecule has 0 aliphatic carbocycles. The van der Waals surface area contributed by atoms with Crippen molar-refractivity contribution in [1.82, 2.24) is 25.1 Å². The molecule has 3 aromatic heterocycles. The molecule has 0 fully saturated rings. The first kappa shape index (κ1) is 23.2. The molecule has 0 radical (unpaired) electrons. The first-order chi connectivity index (χ1) is 16.4. The predicted octanol–water partition coefficient (Wildman–Crippen LogP) is 4.17. The summed E-state index contributed by atoms with van der Waals surface area (Å²) >= 11 is 0. The van der Waals surface area contributed by atoms with Crippen molar-refractivity contribution in [1.29, 1.82) is 0 Å². The Morgan fingerprint density at radius 3 is 2.74 bits per heavy atom. The second-order valence-electron chi connectivity index (χ2n) is 7.97. The Kier molecular flexibility index (Phi) is 6.72. The lowest BCUT2D eigenvalue weighted by atomic mass is 10.00. The maximum absolute atomic E-state index is 13.3. The minimum atomic E-state index is -0.377. The van der Waals surface area contributed by atoms with Crippen molar-refractivity contribution in [3.8, 4) is 17.5 Å². The standard InChI is InChI=1S/C25H26FN5O3/c1-15-20(16(2)29-24-23(15)25(33-4)30-31(24)3)9-10-21(32)27-13-17-8-11-22(28-14-17)34-19-7-5-6-18(26)12-19/h5-8,11-12,14H,9-10,13H2,1-4H3,(H,27,32). The Bertz CT molecular complexity index is 1330. The quantitative estimate of drug-likeness (QED) is 0.422. The summed E-state index contributed by atoms with van der Waals surface area (Å²) in [6.45, 7) is 4.30. The van der Waals surface area contributed by atoms with E-state index in [1.807, 2.05) is 27.0 Å². The van der Waals surface area contributed by atoms with E-state index in [0.717, 1.165) is 33.4 Å². The summed E-state index contributed by atoms with van der Waals surface area (Å²) in [6, 6.07) is 9.35. The van der Waals surface area contributed by atoms with Crippen LogP contribution in [0.4, 0.5) is 4.39 Å². The molecule has 1 amide bonds. The minimum Gasteiger partial charge on any atom is -0.479 e. The van der Waals surface area contributed by atoms with Gasteiger partial charge in [-0.3, -0.25) is 4.79 Å². The zero-order valence-electron chi connectivity index (χ0n) is 19.6. The van der Waals surface area contributed by atoms with Crippen LogP contribution in [0.25, 0.3) is 11.0 Å². The molecule has 0 aliphatic rings. The Labute approximate surface area is 196 Å². The molecule has 4 rings (SSSR count). The molecule has 34 heavy (non-hydrogen) atoms. The van der Waals surface area contributed by atoms with Crippen LogP contribution in [0.1, 0.15) is 28.8 Å². The van der Waals surface area contributed by atoms with Crippen LogP contribution in [-0.4, -0.2) is 32.8 Å². The van der Waals surface area contributed by atoms with Crippen molar-refractivity contribution >= 4 is 16.9 Å². The molecule has 9 heteroatoms. The van der Waals surface area contributed by atoms with Crippen LogP contribution in [0.2, 0.25) is 0 Å². The van der Waals surface area contributed by atoms with Crippen molar-refractivity contribution < 1.29 is 18.7 Å². The fourth-order valence-electron chi connectivity index (χ4n) is 3.86. The number of benzene rings is 1. The number of hydrogen-bond donors (Lipinski definition) is 1. The highest BCUT2D eigenvalue weighted by Gasteiger charge is 2.18. The van der Waals surface area contributed by atoms with Crippen LogP contribution in [0.15, 0.2) is 42.6 Å². The zero-order chi connectivity index (χ0) is 24.2. The molecule has 0 bridgehead atoms. The first-order valence-electron chi connectivity index (χ1n) is 10.9. The topological polar surface area (TPSA) is 91.2 Å². The lowest BCUT2D eigenvalue weighted by Gasteiger charge is -2.11. The average Bonchev–Trinajstić information content (AvgIpc) is 3.14. The molecule has 3 heterocycles. The van der Waals surface area contributed by atoms with Crippen LogP contribution in [0.5, 0.6) is 17.5 Å². The average molecular weight is 464 g/mol. The van der Waals surface area contributed by atoms with E-state index in [2.05, 4.69) is 20.4 Å². The molecule has 0 spiro atoms. The number of carbonyl (C=O) groups is 1. The Morgan fingerprint density at radius 2 is 2.03 bits per heavy atom. The predicted molar refractivity (Wildman–Crippen MR) is 125 cm³/mol. The van der Waals surface area contributed by atoms with Gasteiger partial charge in [0.2, 0.25) is 17.7 Å².